The van der Waals surface area contributed by atoms with E-state index < -0.39 is 5.97 Å². The second kappa shape index (κ2) is 8.48. The molecule has 3 fully saturated rings. The number of piperidine rings is 1. The van der Waals surface area contributed by atoms with Gasteiger partial charge in [-0.2, -0.15) is 5.10 Å². The lowest BCUT2D eigenvalue weighted by Gasteiger charge is -2.39. The van der Waals surface area contributed by atoms with E-state index in [1.807, 2.05) is 17.8 Å². The number of rotatable bonds is 6. The van der Waals surface area contributed by atoms with E-state index in [0.29, 0.717) is 23.9 Å². The number of carboxylic acids is 1. The normalized spacial score (nSPS) is 23.3. The van der Waals surface area contributed by atoms with Crippen LogP contribution in [-0.4, -0.2) is 53.7 Å². The summed E-state index contributed by atoms with van der Waals surface area (Å²) in [6, 6.07) is 7.63. The Kier molecular flexibility index (Phi) is 5.27. The van der Waals surface area contributed by atoms with Gasteiger partial charge in [0.1, 0.15) is 0 Å². The molecule has 3 aromatic rings. The molecule has 0 radical (unpaired) electrons. The first kappa shape index (κ1) is 21.8. The maximum absolute atomic E-state index is 12.7. The fraction of sp³-hybridized carbons (Fsp3) is 0.423. The molecular weight excluding hydrogens is 444 g/mol. The molecule has 2 N–H and O–H groups in total. The van der Waals surface area contributed by atoms with Crippen molar-refractivity contribution < 1.29 is 14.7 Å². The third-order valence-electron chi connectivity index (χ3n) is 7.50. The van der Waals surface area contributed by atoms with Crippen LogP contribution in [0.2, 0.25) is 0 Å². The van der Waals surface area contributed by atoms with Crippen LogP contribution in [0.3, 0.4) is 0 Å². The van der Waals surface area contributed by atoms with E-state index in [-0.39, 0.29) is 17.5 Å². The number of anilines is 2. The number of aryl methyl sites for hydroxylation is 1. The first-order valence-electron chi connectivity index (χ1n) is 12.3. The first-order chi connectivity index (χ1) is 17.0. The van der Waals surface area contributed by atoms with Gasteiger partial charge in [-0.25, -0.2) is 14.8 Å². The van der Waals surface area contributed by atoms with Gasteiger partial charge < -0.3 is 15.3 Å². The predicted molar refractivity (Wildman–Crippen MR) is 129 cm³/mol. The lowest BCUT2D eigenvalue weighted by atomic mass is 9.97. The fourth-order valence-corrected chi connectivity index (χ4v) is 5.56. The second-order valence-electron chi connectivity index (χ2n) is 9.97. The van der Waals surface area contributed by atoms with Crippen molar-refractivity contribution in [2.45, 2.75) is 63.6 Å². The third-order valence-corrected chi connectivity index (χ3v) is 7.50. The number of fused-ring (bicyclic) bond motifs is 2. The minimum absolute atomic E-state index is 0.238. The molecule has 3 atom stereocenters. The number of carbonyl (C=O) groups is 2. The van der Waals surface area contributed by atoms with Gasteiger partial charge in [-0.05, 0) is 63.1 Å². The van der Waals surface area contributed by atoms with Gasteiger partial charge in [0, 0.05) is 36.0 Å². The molecule has 180 valence electrons. The highest BCUT2D eigenvalue weighted by Crippen LogP contribution is 2.44. The molecule has 9 nitrogen and oxygen atoms in total. The number of nitrogens with zero attached hydrogens (tertiary/aromatic N) is 5. The zero-order valence-electron chi connectivity index (χ0n) is 19.6. The van der Waals surface area contributed by atoms with Gasteiger partial charge in [-0.15, -0.1) is 0 Å². The molecule has 2 aromatic heterocycles. The standard InChI is InChI=1S/C26H28N6O3/c1-15-12-27-26(30-23(15)16-2-6-18(7-3-16)25(34)35)29-19-13-28-31(14-19)22-10-20-8-9-21(11-22)32(20)24(33)17-4-5-17/h2-3,6-7,12-14,17,20-22H,4-5,8-11H2,1H3,(H,34,35)(H,27,29,30)/t20-,21+,22?. The summed E-state index contributed by atoms with van der Waals surface area (Å²) in [5, 5.41) is 17.0. The number of benzene rings is 1. The average Bonchev–Trinajstić information content (AvgIpc) is 3.55. The molecule has 2 bridgehead atoms. The predicted octanol–water partition coefficient (Wildman–Crippen LogP) is 4.19. The molecule has 6 rings (SSSR count). The topological polar surface area (TPSA) is 113 Å². The molecule has 0 spiro atoms. The molecule has 1 aliphatic carbocycles. The van der Waals surface area contributed by atoms with Crippen molar-refractivity contribution in [1.29, 1.82) is 0 Å². The van der Waals surface area contributed by atoms with E-state index in [0.717, 1.165) is 61.0 Å². The molecule has 1 saturated carbocycles. The number of aromatic carboxylic acids is 1. The van der Waals surface area contributed by atoms with Gasteiger partial charge >= 0.3 is 5.97 Å². The molecular formula is C26H28N6O3. The minimum atomic E-state index is -0.955. The summed E-state index contributed by atoms with van der Waals surface area (Å²) >= 11 is 0. The molecule has 2 aliphatic heterocycles. The number of hydrogen-bond donors (Lipinski definition) is 2. The van der Waals surface area contributed by atoms with Crippen LogP contribution in [0.5, 0.6) is 0 Å². The van der Waals surface area contributed by atoms with Crippen LogP contribution in [0.25, 0.3) is 11.3 Å². The summed E-state index contributed by atoms with van der Waals surface area (Å²) in [5.41, 5.74) is 3.53. The lowest BCUT2D eigenvalue weighted by molar-refractivity contribution is -0.137. The van der Waals surface area contributed by atoms with Gasteiger partial charge in [0.15, 0.2) is 0 Å². The van der Waals surface area contributed by atoms with Crippen molar-refractivity contribution in [2.24, 2.45) is 5.92 Å². The van der Waals surface area contributed by atoms with Crippen LogP contribution in [-0.2, 0) is 4.79 Å². The number of carboxylic acid groups (broad SMARTS) is 1. The van der Waals surface area contributed by atoms with Crippen molar-refractivity contribution >= 4 is 23.5 Å². The van der Waals surface area contributed by atoms with Crippen molar-refractivity contribution in [3.8, 4) is 11.3 Å². The third kappa shape index (κ3) is 4.15. The molecule has 1 aromatic carbocycles. The van der Waals surface area contributed by atoms with Crippen LogP contribution in [0.4, 0.5) is 11.6 Å². The van der Waals surface area contributed by atoms with Gasteiger partial charge in [0.05, 0.1) is 29.2 Å². The smallest absolute Gasteiger partial charge is 0.335 e. The first-order valence-corrected chi connectivity index (χ1v) is 12.3. The Morgan fingerprint density at radius 3 is 2.37 bits per heavy atom. The average molecular weight is 473 g/mol. The van der Waals surface area contributed by atoms with E-state index in [1.165, 1.54) is 0 Å². The zero-order valence-corrected chi connectivity index (χ0v) is 19.6. The Morgan fingerprint density at radius 2 is 1.71 bits per heavy atom. The SMILES string of the molecule is Cc1cnc(Nc2cnn(C3C[C@H]4CC[C@@H](C3)N4C(=O)C3CC3)c2)nc1-c1ccc(C(=O)O)cc1. The van der Waals surface area contributed by atoms with Crippen molar-refractivity contribution in [1.82, 2.24) is 24.6 Å². The summed E-state index contributed by atoms with van der Waals surface area (Å²) in [5.74, 6) is 0.161. The van der Waals surface area contributed by atoms with Gasteiger partial charge in [-0.1, -0.05) is 12.1 Å². The number of aromatic nitrogens is 4. The Bertz CT molecular complexity index is 1270. The van der Waals surface area contributed by atoms with Crippen molar-refractivity contribution in [3.63, 3.8) is 0 Å². The lowest BCUT2D eigenvalue weighted by Crippen LogP contribution is -2.47. The monoisotopic (exact) mass is 472 g/mol. The highest BCUT2D eigenvalue weighted by atomic mass is 16.4. The minimum Gasteiger partial charge on any atom is -0.478 e. The molecule has 1 amide bonds. The van der Waals surface area contributed by atoms with Crippen LogP contribution in [0, 0.1) is 12.8 Å². The zero-order chi connectivity index (χ0) is 24.1. The van der Waals surface area contributed by atoms with E-state index in [1.54, 1.807) is 36.7 Å². The summed E-state index contributed by atoms with van der Waals surface area (Å²) in [6.45, 7) is 1.93. The highest BCUT2D eigenvalue weighted by molar-refractivity contribution is 5.88. The number of carbonyl (C=O) groups excluding carboxylic acids is 1. The van der Waals surface area contributed by atoms with E-state index in [4.69, 9.17) is 5.11 Å². The van der Waals surface area contributed by atoms with Crippen LogP contribution >= 0.6 is 0 Å². The Labute approximate surface area is 203 Å². The summed E-state index contributed by atoms with van der Waals surface area (Å²) in [4.78, 5) is 35.1. The molecule has 1 unspecified atom stereocenters. The number of hydrogen-bond acceptors (Lipinski definition) is 6. The van der Waals surface area contributed by atoms with E-state index in [9.17, 15) is 9.59 Å². The van der Waals surface area contributed by atoms with Crippen molar-refractivity contribution in [3.05, 3.63) is 54.0 Å². The van der Waals surface area contributed by atoms with Gasteiger partial charge in [0.2, 0.25) is 11.9 Å². The van der Waals surface area contributed by atoms with Crippen LogP contribution in [0.1, 0.15) is 60.5 Å². The molecule has 2 saturated heterocycles. The van der Waals surface area contributed by atoms with E-state index >= 15 is 0 Å². The molecule has 35 heavy (non-hydrogen) atoms. The maximum atomic E-state index is 12.7. The highest BCUT2D eigenvalue weighted by Gasteiger charge is 2.47. The fourth-order valence-electron chi connectivity index (χ4n) is 5.56. The number of amides is 1. The Morgan fingerprint density at radius 1 is 1.00 bits per heavy atom. The van der Waals surface area contributed by atoms with Crippen molar-refractivity contribution in [2.75, 3.05) is 5.32 Å². The summed E-state index contributed by atoms with van der Waals surface area (Å²) in [7, 11) is 0. The Balaban J connectivity index is 1.16. The van der Waals surface area contributed by atoms with Crippen LogP contribution < -0.4 is 5.32 Å². The van der Waals surface area contributed by atoms with E-state index in [2.05, 4.69) is 25.3 Å². The van der Waals surface area contributed by atoms with Crippen LogP contribution in [0.15, 0.2) is 42.9 Å². The molecule has 3 aliphatic rings. The van der Waals surface area contributed by atoms with Gasteiger partial charge in [-0.3, -0.25) is 9.48 Å². The Hall–Kier alpha value is -3.75. The molecule has 4 heterocycles. The van der Waals surface area contributed by atoms with Gasteiger partial charge in [0.25, 0.3) is 0 Å². The number of nitrogens with one attached hydrogen (secondary N) is 1. The quantitative estimate of drug-likeness (QED) is 0.553. The second-order valence-corrected chi connectivity index (χ2v) is 9.97. The molecule has 9 heteroatoms. The largest absolute Gasteiger partial charge is 0.478 e. The maximum Gasteiger partial charge on any atom is 0.335 e. The summed E-state index contributed by atoms with van der Waals surface area (Å²) in [6.07, 6.45) is 11.7. The summed E-state index contributed by atoms with van der Waals surface area (Å²) < 4.78 is 2.02.